The van der Waals surface area contributed by atoms with Gasteiger partial charge in [-0.15, -0.1) is 0 Å². The smallest absolute Gasteiger partial charge is 0.348 e. The van der Waals surface area contributed by atoms with Crippen LogP contribution in [0.25, 0.3) is 0 Å². The van der Waals surface area contributed by atoms with Gasteiger partial charge in [-0.2, -0.15) is 4.98 Å². The molecule has 0 aliphatic carbocycles. The van der Waals surface area contributed by atoms with E-state index in [0.29, 0.717) is 11.4 Å². The van der Waals surface area contributed by atoms with Crippen molar-refractivity contribution < 1.29 is 18.3 Å². The number of likely N-dealkylation sites (tertiary alicyclic amines) is 1. The maximum absolute atomic E-state index is 12.5. The van der Waals surface area contributed by atoms with E-state index in [1.54, 1.807) is 19.9 Å². The quantitative estimate of drug-likeness (QED) is 0.678. The number of β-amino-alcohol motifs (C(OH)–C–C–N with tert-alkyl or cyclic N) is 1. The van der Waals surface area contributed by atoms with Crippen LogP contribution < -0.4 is 5.69 Å². The van der Waals surface area contributed by atoms with Gasteiger partial charge in [0, 0.05) is 44.5 Å². The van der Waals surface area contributed by atoms with Crippen LogP contribution in [0.3, 0.4) is 0 Å². The number of hydrogen-bond donors (Lipinski definition) is 1. The monoisotopic (exact) mass is 372 g/mol. The average Bonchev–Trinajstić information content (AvgIpc) is 2.83. The number of rotatable bonds is 5. The van der Waals surface area contributed by atoms with Gasteiger partial charge in [0.2, 0.25) is 15.9 Å². The standard InChI is InChI=1S/C15H24N4O5S/c1-10-5-11(2)19(15(22)16-10)8-14(21)18-6-12(13(20)7-18)9-25(23,24)17(3)4/h5,12-13,20H,6-9H2,1-4H3/t12-,13+/m0/s1. The van der Waals surface area contributed by atoms with E-state index in [4.69, 9.17) is 0 Å². The molecule has 1 N–H and O–H groups in total. The van der Waals surface area contributed by atoms with Gasteiger partial charge in [0.15, 0.2) is 0 Å². The fourth-order valence-electron chi connectivity index (χ4n) is 2.84. The first-order valence-corrected chi connectivity index (χ1v) is 9.53. The lowest BCUT2D eigenvalue weighted by molar-refractivity contribution is -0.131. The molecule has 25 heavy (non-hydrogen) atoms. The van der Waals surface area contributed by atoms with E-state index in [9.17, 15) is 23.1 Å². The van der Waals surface area contributed by atoms with Crippen molar-refractivity contribution in [1.29, 1.82) is 0 Å². The summed E-state index contributed by atoms with van der Waals surface area (Å²) in [5.41, 5.74) is 0.700. The third kappa shape index (κ3) is 4.44. The molecule has 2 rings (SSSR count). The van der Waals surface area contributed by atoms with Crippen molar-refractivity contribution in [2.75, 3.05) is 32.9 Å². The van der Waals surface area contributed by atoms with E-state index in [1.165, 1.54) is 23.6 Å². The molecule has 2 atom stereocenters. The second-order valence-electron chi connectivity index (χ2n) is 6.59. The summed E-state index contributed by atoms with van der Waals surface area (Å²) in [6, 6.07) is 1.71. The number of aliphatic hydroxyl groups is 1. The molecule has 1 aliphatic heterocycles. The first-order valence-electron chi connectivity index (χ1n) is 7.92. The van der Waals surface area contributed by atoms with Crippen molar-refractivity contribution >= 4 is 15.9 Å². The minimum Gasteiger partial charge on any atom is -0.391 e. The molecule has 1 aliphatic rings. The lowest BCUT2D eigenvalue weighted by Gasteiger charge is -2.19. The Morgan fingerprint density at radius 1 is 1.36 bits per heavy atom. The molecule has 9 nitrogen and oxygen atoms in total. The Labute approximate surface area is 146 Å². The van der Waals surface area contributed by atoms with Gasteiger partial charge in [0.05, 0.1) is 11.9 Å². The molecule has 1 amide bonds. The van der Waals surface area contributed by atoms with E-state index in [2.05, 4.69) is 4.98 Å². The fourth-order valence-corrected chi connectivity index (χ4v) is 4.01. The van der Waals surface area contributed by atoms with Crippen molar-refractivity contribution in [3.63, 3.8) is 0 Å². The summed E-state index contributed by atoms with van der Waals surface area (Å²) >= 11 is 0. The van der Waals surface area contributed by atoms with Crippen molar-refractivity contribution in [1.82, 2.24) is 18.8 Å². The third-order valence-electron chi connectivity index (χ3n) is 4.38. The average molecular weight is 372 g/mol. The fraction of sp³-hybridized carbons (Fsp3) is 0.667. The summed E-state index contributed by atoms with van der Waals surface area (Å²) in [7, 11) is -0.611. The molecular weight excluding hydrogens is 348 g/mol. The summed E-state index contributed by atoms with van der Waals surface area (Å²) in [5, 5.41) is 10.1. The van der Waals surface area contributed by atoms with E-state index in [1.807, 2.05) is 0 Å². The normalized spacial score (nSPS) is 21.1. The first kappa shape index (κ1) is 19.5. The van der Waals surface area contributed by atoms with Crippen LogP contribution in [0.5, 0.6) is 0 Å². The van der Waals surface area contributed by atoms with Gasteiger partial charge in [-0.25, -0.2) is 17.5 Å². The number of aromatic nitrogens is 2. The van der Waals surface area contributed by atoms with E-state index in [-0.39, 0.29) is 31.3 Å². The molecule has 0 aromatic carbocycles. The number of carbonyl (C=O) groups excluding carboxylic acids is 1. The van der Waals surface area contributed by atoms with E-state index < -0.39 is 27.7 Å². The van der Waals surface area contributed by atoms with Crippen molar-refractivity contribution in [3.8, 4) is 0 Å². The molecule has 0 spiro atoms. The number of amides is 1. The molecule has 1 saturated heterocycles. The molecule has 10 heteroatoms. The van der Waals surface area contributed by atoms with Gasteiger partial charge in [-0.05, 0) is 19.9 Å². The van der Waals surface area contributed by atoms with Gasteiger partial charge in [0.25, 0.3) is 0 Å². The van der Waals surface area contributed by atoms with Crippen molar-refractivity contribution in [3.05, 3.63) is 27.9 Å². The van der Waals surface area contributed by atoms with Crippen LogP contribution in [-0.4, -0.2) is 77.2 Å². The lowest BCUT2D eigenvalue weighted by Crippen LogP contribution is -2.37. The Bertz CT molecular complexity index is 818. The summed E-state index contributed by atoms with van der Waals surface area (Å²) in [6.07, 6.45) is -0.910. The topological polar surface area (TPSA) is 113 Å². The summed E-state index contributed by atoms with van der Waals surface area (Å²) in [5.74, 6) is -1.12. The maximum atomic E-state index is 12.5. The zero-order valence-electron chi connectivity index (χ0n) is 14.8. The molecule has 0 bridgehead atoms. The Balaban J connectivity index is 2.09. The van der Waals surface area contributed by atoms with E-state index in [0.717, 1.165) is 4.31 Å². The SMILES string of the molecule is Cc1cc(C)n(CC(=O)N2C[C@@H](CS(=O)(=O)N(C)C)[C@H](O)C2)c(=O)n1. The van der Waals surface area contributed by atoms with E-state index >= 15 is 0 Å². The Morgan fingerprint density at radius 2 is 2.00 bits per heavy atom. The molecule has 0 unspecified atom stereocenters. The number of aryl methyl sites for hydroxylation is 2. The molecule has 0 saturated carbocycles. The zero-order valence-corrected chi connectivity index (χ0v) is 15.7. The van der Waals surface area contributed by atoms with Crippen LogP contribution >= 0.6 is 0 Å². The maximum Gasteiger partial charge on any atom is 0.348 e. The number of nitrogens with zero attached hydrogens (tertiary/aromatic N) is 4. The van der Waals surface area contributed by atoms with Gasteiger partial charge < -0.3 is 10.0 Å². The molecule has 1 fully saturated rings. The van der Waals surface area contributed by atoms with Crippen LogP contribution in [0.4, 0.5) is 0 Å². The summed E-state index contributed by atoms with van der Waals surface area (Å²) < 4.78 is 26.3. The van der Waals surface area contributed by atoms with Crippen LogP contribution in [0, 0.1) is 19.8 Å². The Hall–Kier alpha value is -1.78. The molecular formula is C15H24N4O5S. The van der Waals surface area contributed by atoms with Gasteiger partial charge in [0.1, 0.15) is 6.54 Å². The van der Waals surface area contributed by atoms with Gasteiger partial charge >= 0.3 is 5.69 Å². The van der Waals surface area contributed by atoms with Crippen LogP contribution in [-0.2, 0) is 21.4 Å². The number of hydrogen-bond acceptors (Lipinski definition) is 6. The number of aliphatic hydroxyl groups excluding tert-OH is 1. The van der Waals surface area contributed by atoms with Gasteiger partial charge in [-0.3, -0.25) is 9.36 Å². The second-order valence-corrected chi connectivity index (χ2v) is 8.82. The molecule has 0 radical (unpaired) electrons. The first-order chi connectivity index (χ1) is 11.5. The largest absolute Gasteiger partial charge is 0.391 e. The minimum atomic E-state index is -3.47. The summed E-state index contributed by atoms with van der Waals surface area (Å²) in [6.45, 7) is 3.43. The molecule has 1 aromatic heterocycles. The molecule has 2 heterocycles. The highest BCUT2D eigenvalue weighted by Gasteiger charge is 2.37. The van der Waals surface area contributed by atoms with Crippen molar-refractivity contribution in [2.24, 2.45) is 5.92 Å². The Morgan fingerprint density at radius 3 is 2.56 bits per heavy atom. The molecule has 1 aromatic rings. The van der Waals surface area contributed by atoms with Crippen LogP contribution in [0.15, 0.2) is 10.9 Å². The Kier molecular flexibility index (Phi) is 5.65. The summed E-state index contributed by atoms with van der Waals surface area (Å²) in [4.78, 5) is 29.6. The number of sulfonamides is 1. The van der Waals surface area contributed by atoms with Crippen LogP contribution in [0.1, 0.15) is 11.4 Å². The van der Waals surface area contributed by atoms with Gasteiger partial charge in [-0.1, -0.05) is 0 Å². The number of carbonyl (C=O) groups is 1. The van der Waals surface area contributed by atoms with Crippen LogP contribution in [0.2, 0.25) is 0 Å². The highest BCUT2D eigenvalue weighted by atomic mass is 32.2. The lowest BCUT2D eigenvalue weighted by atomic mass is 10.1. The second kappa shape index (κ2) is 7.22. The predicted octanol–water partition coefficient (Wildman–Crippen LogP) is -1.43. The highest BCUT2D eigenvalue weighted by Crippen LogP contribution is 2.20. The zero-order chi connectivity index (χ0) is 18.9. The molecule has 140 valence electrons. The third-order valence-corrected chi connectivity index (χ3v) is 6.34. The minimum absolute atomic E-state index is 0.0551. The van der Waals surface area contributed by atoms with Crippen molar-refractivity contribution in [2.45, 2.75) is 26.5 Å². The highest BCUT2D eigenvalue weighted by molar-refractivity contribution is 7.89. The predicted molar refractivity (Wildman–Crippen MR) is 91.5 cm³/mol.